The number of hydroxylamine groups is 1. The van der Waals surface area contributed by atoms with Gasteiger partial charge in [-0.15, -0.1) is 0 Å². The van der Waals surface area contributed by atoms with E-state index < -0.39 is 11.9 Å². The molecule has 0 saturated carbocycles. The third kappa shape index (κ3) is 3.44. The van der Waals surface area contributed by atoms with Crippen LogP contribution < -0.4 is 15.0 Å². The van der Waals surface area contributed by atoms with Gasteiger partial charge in [0.15, 0.2) is 11.5 Å². The Bertz CT molecular complexity index is 637. The Morgan fingerprint density at radius 1 is 1.38 bits per heavy atom. The summed E-state index contributed by atoms with van der Waals surface area (Å²) < 4.78 is 10.7. The quantitative estimate of drug-likeness (QED) is 0.300. The number of carbonyl (C=O) groups is 2. The van der Waals surface area contributed by atoms with Crippen molar-refractivity contribution in [1.29, 1.82) is 0 Å². The number of halogens is 1. The number of nitrogens with one attached hydrogen (secondary N) is 1. The highest BCUT2D eigenvalue weighted by Crippen LogP contribution is 2.35. The van der Waals surface area contributed by atoms with Gasteiger partial charge in [-0.25, -0.2) is 5.48 Å². The van der Waals surface area contributed by atoms with E-state index in [0.717, 1.165) is 18.4 Å². The lowest BCUT2D eigenvalue weighted by Gasteiger charge is -2.43. The Morgan fingerprint density at radius 2 is 2.08 bits per heavy atom. The van der Waals surface area contributed by atoms with Gasteiger partial charge in [0.05, 0.1) is 18.1 Å². The third-order valence-corrected chi connectivity index (χ3v) is 5.09. The SMILES string of the molecule is CCCc1cc(C(=O)N2C[C@@H](I)[C@@H]2C(=O)NO)cc(OC)c1OC. The number of alkyl halides is 1. The molecular weight excluding hydrogens is 427 g/mol. The van der Waals surface area contributed by atoms with Gasteiger partial charge in [0.1, 0.15) is 6.04 Å². The number of hydrogen-bond acceptors (Lipinski definition) is 5. The molecule has 1 aliphatic rings. The van der Waals surface area contributed by atoms with Crippen LogP contribution in [0.2, 0.25) is 0 Å². The predicted molar refractivity (Wildman–Crippen MR) is 96.1 cm³/mol. The molecule has 1 saturated heterocycles. The van der Waals surface area contributed by atoms with Crippen LogP contribution in [0.4, 0.5) is 0 Å². The molecule has 7 nitrogen and oxygen atoms in total. The van der Waals surface area contributed by atoms with Crippen LogP contribution in [0.5, 0.6) is 11.5 Å². The molecular formula is C16H21IN2O5. The third-order valence-electron chi connectivity index (χ3n) is 4.01. The molecule has 0 radical (unpaired) electrons. The van der Waals surface area contributed by atoms with Crippen molar-refractivity contribution in [3.05, 3.63) is 23.3 Å². The molecule has 2 N–H and O–H groups in total. The van der Waals surface area contributed by atoms with E-state index in [9.17, 15) is 9.59 Å². The maximum Gasteiger partial charge on any atom is 0.267 e. The van der Waals surface area contributed by atoms with Crippen LogP contribution in [0.25, 0.3) is 0 Å². The summed E-state index contributed by atoms with van der Waals surface area (Å²) in [5.41, 5.74) is 2.95. The number of methoxy groups -OCH3 is 2. The molecule has 0 unspecified atom stereocenters. The molecule has 2 amide bonds. The van der Waals surface area contributed by atoms with Gasteiger partial charge < -0.3 is 14.4 Å². The number of hydrogen-bond donors (Lipinski definition) is 2. The summed E-state index contributed by atoms with van der Waals surface area (Å²) in [6, 6.07) is 2.72. The molecule has 8 heteroatoms. The van der Waals surface area contributed by atoms with E-state index in [1.54, 1.807) is 24.7 Å². The van der Waals surface area contributed by atoms with Gasteiger partial charge >= 0.3 is 0 Å². The number of likely N-dealkylation sites (tertiary alicyclic amines) is 1. The zero-order valence-corrected chi connectivity index (χ0v) is 16.0. The normalized spacial score (nSPS) is 19.5. The molecule has 0 aliphatic carbocycles. The van der Waals surface area contributed by atoms with Crippen LogP contribution in [0.15, 0.2) is 12.1 Å². The Hall–Kier alpha value is -1.55. The zero-order chi connectivity index (χ0) is 17.9. The predicted octanol–water partition coefficient (Wildman–Crippen LogP) is 1.79. The molecule has 24 heavy (non-hydrogen) atoms. The molecule has 1 aromatic rings. The van der Waals surface area contributed by atoms with Crippen molar-refractivity contribution in [3.8, 4) is 11.5 Å². The summed E-state index contributed by atoms with van der Waals surface area (Å²) >= 11 is 2.10. The topological polar surface area (TPSA) is 88.1 Å². The number of aryl methyl sites for hydroxylation is 1. The average Bonchev–Trinajstić information content (AvgIpc) is 2.58. The number of nitrogens with zero attached hydrogens (tertiary/aromatic N) is 1. The molecule has 1 heterocycles. The van der Waals surface area contributed by atoms with Crippen molar-refractivity contribution < 1.29 is 24.3 Å². The molecule has 0 spiro atoms. The Kier molecular flexibility index (Phi) is 6.27. The fourth-order valence-electron chi connectivity index (χ4n) is 2.83. The van der Waals surface area contributed by atoms with Crippen LogP contribution in [0.1, 0.15) is 29.3 Å². The van der Waals surface area contributed by atoms with Gasteiger partial charge in [-0.3, -0.25) is 14.8 Å². The second-order valence-electron chi connectivity index (χ2n) is 5.52. The lowest BCUT2D eigenvalue weighted by Crippen LogP contribution is -2.65. The fourth-order valence-corrected chi connectivity index (χ4v) is 3.97. The first-order chi connectivity index (χ1) is 11.5. The summed E-state index contributed by atoms with van der Waals surface area (Å²) in [5.74, 6) is 0.260. The highest BCUT2D eigenvalue weighted by molar-refractivity contribution is 14.1. The Morgan fingerprint density at radius 3 is 2.58 bits per heavy atom. The van der Waals surface area contributed by atoms with Crippen LogP contribution in [-0.4, -0.2) is 52.7 Å². The highest BCUT2D eigenvalue weighted by atomic mass is 127. The van der Waals surface area contributed by atoms with E-state index in [1.165, 1.54) is 12.0 Å². The van der Waals surface area contributed by atoms with Crippen molar-refractivity contribution >= 4 is 34.4 Å². The average molecular weight is 448 g/mol. The summed E-state index contributed by atoms with van der Waals surface area (Å²) in [4.78, 5) is 26.0. The lowest BCUT2D eigenvalue weighted by atomic mass is 9.98. The maximum absolute atomic E-state index is 12.8. The number of rotatable bonds is 6. The van der Waals surface area contributed by atoms with Crippen molar-refractivity contribution in [2.45, 2.75) is 29.7 Å². The van der Waals surface area contributed by atoms with Gasteiger partial charge in [0, 0.05) is 12.1 Å². The summed E-state index contributed by atoms with van der Waals surface area (Å²) in [7, 11) is 3.09. The van der Waals surface area contributed by atoms with Crippen LogP contribution in [-0.2, 0) is 11.2 Å². The first-order valence-electron chi connectivity index (χ1n) is 7.62. The first kappa shape index (κ1) is 18.8. The van der Waals surface area contributed by atoms with Crippen LogP contribution >= 0.6 is 22.6 Å². The van der Waals surface area contributed by atoms with E-state index in [0.29, 0.717) is 23.6 Å². The minimum Gasteiger partial charge on any atom is -0.493 e. The van der Waals surface area contributed by atoms with Crippen molar-refractivity contribution in [3.63, 3.8) is 0 Å². The molecule has 0 bridgehead atoms. The maximum atomic E-state index is 12.8. The highest BCUT2D eigenvalue weighted by Gasteiger charge is 2.45. The van der Waals surface area contributed by atoms with Crippen molar-refractivity contribution in [1.82, 2.24) is 10.4 Å². The Labute approximate surface area is 154 Å². The summed E-state index contributed by atoms with van der Waals surface area (Å²) in [6.45, 7) is 2.49. The summed E-state index contributed by atoms with van der Waals surface area (Å²) in [5, 5.41) is 8.85. The van der Waals surface area contributed by atoms with Gasteiger partial charge in [-0.05, 0) is 24.1 Å². The molecule has 132 valence electrons. The molecule has 1 aliphatic heterocycles. The number of benzene rings is 1. The van der Waals surface area contributed by atoms with Crippen LogP contribution in [0, 0.1) is 0 Å². The van der Waals surface area contributed by atoms with Crippen LogP contribution in [0.3, 0.4) is 0 Å². The van der Waals surface area contributed by atoms with E-state index >= 15 is 0 Å². The number of amides is 2. The second-order valence-corrected chi connectivity index (χ2v) is 7.12. The standard InChI is InChI=1S/C16H21IN2O5/c1-4-5-9-6-10(7-12(23-2)14(9)24-3)16(21)19-8-11(17)13(19)15(20)18-22/h6-7,11,13,22H,4-5,8H2,1-3H3,(H,18,20)/t11-,13-/m1/s1. The largest absolute Gasteiger partial charge is 0.493 e. The zero-order valence-electron chi connectivity index (χ0n) is 13.8. The monoisotopic (exact) mass is 448 g/mol. The lowest BCUT2D eigenvalue weighted by molar-refractivity contribution is -0.136. The fraction of sp³-hybridized carbons (Fsp3) is 0.500. The molecule has 2 atom stereocenters. The minimum atomic E-state index is -0.675. The molecule has 2 rings (SSSR count). The van der Waals surface area contributed by atoms with Gasteiger partial charge in [-0.2, -0.15) is 0 Å². The van der Waals surface area contributed by atoms with E-state index in [1.807, 2.05) is 6.92 Å². The van der Waals surface area contributed by atoms with Gasteiger partial charge in [0.25, 0.3) is 11.8 Å². The second kappa shape index (κ2) is 8.02. The van der Waals surface area contributed by atoms with E-state index in [4.69, 9.17) is 14.7 Å². The van der Waals surface area contributed by atoms with Crippen molar-refractivity contribution in [2.24, 2.45) is 0 Å². The smallest absolute Gasteiger partial charge is 0.267 e. The first-order valence-corrected chi connectivity index (χ1v) is 8.86. The molecule has 0 aromatic heterocycles. The molecule has 1 fully saturated rings. The van der Waals surface area contributed by atoms with Gasteiger partial charge in [0.2, 0.25) is 0 Å². The van der Waals surface area contributed by atoms with E-state index in [2.05, 4.69) is 22.6 Å². The molecule has 1 aromatic carbocycles. The summed E-state index contributed by atoms with van der Waals surface area (Å²) in [6.07, 6.45) is 1.64. The number of carbonyl (C=O) groups excluding carboxylic acids is 2. The minimum absolute atomic E-state index is 0.0334. The number of ether oxygens (including phenoxy) is 2. The Balaban J connectivity index is 2.36. The van der Waals surface area contributed by atoms with Gasteiger partial charge in [-0.1, -0.05) is 35.9 Å². The van der Waals surface area contributed by atoms with E-state index in [-0.39, 0.29) is 9.83 Å². The van der Waals surface area contributed by atoms with Crippen molar-refractivity contribution in [2.75, 3.05) is 20.8 Å².